The minimum atomic E-state index is 0.0518. The lowest BCUT2D eigenvalue weighted by Gasteiger charge is -2.09. The summed E-state index contributed by atoms with van der Waals surface area (Å²) in [4.78, 5) is 13.2. The van der Waals surface area contributed by atoms with Crippen molar-refractivity contribution in [2.45, 2.75) is 11.7 Å². The third-order valence-corrected chi connectivity index (χ3v) is 4.29. The van der Waals surface area contributed by atoms with Gasteiger partial charge in [-0.2, -0.15) is 0 Å². The van der Waals surface area contributed by atoms with Crippen molar-refractivity contribution in [1.29, 1.82) is 0 Å². The van der Waals surface area contributed by atoms with Crippen LogP contribution in [0.1, 0.15) is 5.82 Å². The Labute approximate surface area is 140 Å². The molecule has 0 saturated heterocycles. The lowest BCUT2D eigenvalue weighted by Crippen LogP contribution is -2.23. The molecule has 0 aliphatic rings. The first-order valence-corrected chi connectivity index (χ1v) is 8.09. The Balaban J connectivity index is 1.92. The Morgan fingerprint density at radius 2 is 2.00 bits per heavy atom. The number of ether oxygens (including phenoxy) is 1. The maximum atomic E-state index is 11.6. The van der Waals surface area contributed by atoms with Crippen molar-refractivity contribution in [1.82, 2.24) is 19.7 Å². The first-order valence-electron chi connectivity index (χ1n) is 7.10. The van der Waals surface area contributed by atoms with Crippen LogP contribution < -0.4 is 10.1 Å². The molecule has 0 fully saturated rings. The summed E-state index contributed by atoms with van der Waals surface area (Å²) in [6.45, 7) is 0.554. The summed E-state index contributed by atoms with van der Waals surface area (Å²) >= 11 is 1.38. The summed E-state index contributed by atoms with van der Waals surface area (Å²) in [6, 6.07) is 7.68. The fourth-order valence-corrected chi connectivity index (χ4v) is 2.68. The normalized spacial score (nSPS) is 10.4. The first kappa shape index (κ1) is 17.1. The Hall–Kier alpha value is -2.22. The summed E-state index contributed by atoms with van der Waals surface area (Å²) in [7, 11) is 7.02. The van der Waals surface area contributed by atoms with Gasteiger partial charge in [-0.3, -0.25) is 4.79 Å². The Morgan fingerprint density at radius 1 is 1.30 bits per heavy atom. The van der Waals surface area contributed by atoms with Crippen molar-refractivity contribution in [2.75, 3.05) is 32.3 Å². The van der Waals surface area contributed by atoms with Crippen molar-refractivity contribution in [3.05, 3.63) is 30.1 Å². The Morgan fingerprint density at radius 3 is 2.61 bits per heavy atom. The molecule has 1 aromatic carbocycles. The van der Waals surface area contributed by atoms with Crippen LogP contribution in [-0.2, 0) is 18.4 Å². The molecule has 1 amide bonds. The molecule has 0 atom stereocenters. The predicted octanol–water partition coefficient (Wildman–Crippen LogP) is 1.62. The molecule has 124 valence electrons. The highest BCUT2D eigenvalue weighted by atomic mass is 32.2. The summed E-state index contributed by atoms with van der Waals surface area (Å²) < 4.78 is 7.02. The number of aromatic nitrogens is 3. The van der Waals surface area contributed by atoms with Crippen molar-refractivity contribution < 1.29 is 9.53 Å². The van der Waals surface area contributed by atoms with Gasteiger partial charge in [0, 0.05) is 26.8 Å². The van der Waals surface area contributed by atoms with Crippen LogP contribution >= 0.6 is 11.8 Å². The molecular weight excluding hydrogens is 314 g/mol. The molecule has 8 heteroatoms. The third-order valence-electron chi connectivity index (χ3n) is 3.29. The number of anilines is 1. The fraction of sp³-hybridized carbons (Fsp3) is 0.400. The van der Waals surface area contributed by atoms with Crippen molar-refractivity contribution in [2.24, 2.45) is 7.05 Å². The van der Waals surface area contributed by atoms with E-state index in [0.29, 0.717) is 12.3 Å². The minimum absolute atomic E-state index is 0.0518. The van der Waals surface area contributed by atoms with Crippen molar-refractivity contribution in [3.8, 4) is 5.75 Å². The minimum Gasteiger partial charge on any atom is -0.497 e. The second-order valence-electron chi connectivity index (χ2n) is 5.12. The van der Waals surface area contributed by atoms with E-state index in [1.165, 1.54) is 11.8 Å². The lowest BCUT2D eigenvalue weighted by atomic mass is 10.3. The largest absolute Gasteiger partial charge is 0.497 e. The highest BCUT2D eigenvalue weighted by Crippen LogP contribution is 2.18. The monoisotopic (exact) mass is 335 g/mol. The van der Waals surface area contributed by atoms with Crippen LogP contribution in [0.15, 0.2) is 29.4 Å². The van der Waals surface area contributed by atoms with Crippen LogP contribution in [0.4, 0.5) is 5.69 Å². The smallest absolute Gasteiger partial charge is 0.232 e. The fourth-order valence-electron chi connectivity index (χ4n) is 1.77. The number of methoxy groups -OCH3 is 1. The second-order valence-corrected chi connectivity index (χ2v) is 6.06. The van der Waals surface area contributed by atoms with E-state index < -0.39 is 0 Å². The van der Waals surface area contributed by atoms with Gasteiger partial charge in [-0.15, -0.1) is 10.2 Å². The number of carbonyl (C=O) groups is 1. The highest BCUT2D eigenvalue weighted by Gasteiger charge is 2.12. The van der Waals surface area contributed by atoms with Gasteiger partial charge in [0.1, 0.15) is 5.75 Å². The molecule has 2 rings (SSSR count). The lowest BCUT2D eigenvalue weighted by molar-refractivity contribution is -0.125. The average Bonchev–Trinajstić information content (AvgIpc) is 2.91. The van der Waals surface area contributed by atoms with Gasteiger partial charge in [0.15, 0.2) is 11.0 Å². The zero-order valence-electron chi connectivity index (χ0n) is 13.7. The summed E-state index contributed by atoms with van der Waals surface area (Å²) in [6.07, 6.45) is 0. The van der Waals surface area contributed by atoms with E-state index >= 15 is 0 Å². The number of benzene rings is 1. The number of carbonyl (C=O) groups excluding carboxylic acids is 1. The number of thioether (sulfide) groups is 1. The van der Waals surface area contributed by atoms with E-state index in [4.69, 9.17) is 4.74 Å². The van der Waals surface area contributed by atoms with Gasteiger partial charge in [0.05, 0.1) is 19.4 Å². The third kappa shape index (κ3) is 4.62. The van der Waals surface area contributed by atoms with E-state index in [1.807, 2.05) is 35.9 Å². The Bertz CT molecular complexity index is 654. The average molecular weight is 335 g/mol. The standard InChI is InChI=1S/C15H21N5O2S/c1-19(2)14(21)10-23-15-18-17-13(20(15)3)9-16-11-5-7-12(22-4)8-6-11/h5-8,16H,9-10H2,1-4H3. The Kier molecular flexibility index (Phi) is 5.86. The summed E-state index contributed by atoms with van der Waals surface area (Å²) in [5.74, 6) is 2.03. The van der Waals surface area contributed by atoms with Crippen LogP contribution in [0, 0.1) is 0 Å². The molecule has 2 aromatic rings. The van der Waals surface area contributed by atoms with Crippen molar-refractivity contribution >= 4 is 23.4 Å². The van der Waals surface area contributed by atoms with E-state index in [-0.39, 0.29) is 5.91 Å². The predicted molar refractivity (Wildman–Crippen MR) is 90.7 cm³/mol. The molecule has 0 spiro atoms. The number of hydrogen-bond donors (Lipinski definition) is 1. The van der Waals surface area contributed by atoms with Gasteiger partial charge in [-0.25, -0.2) is 0 Å². The summed E-state index contributed by atoms with van der Waals surface area (Å²) in [5.41, 5.74) is 0.978. The summed E-state index contributed by atoms with van der Waals surface area (Å²) in [5, 5.41) is 12.3. The van der Waals surface area contributed by atoms with Crippen LogP contribution in [0.3, 0.4) is 0 Å². The quantitative estimate of drug-likeness (QED) is 0.775. The van der Waals surface area contributed by atoms with E-state index in [2.05, 4.69) is 15.5 Å². The van der Waals surface area contributed by atoms with Gasteiger partial charge in [-0.1, -0.05) is 11.8 Å². The molecule has 1 aromatic heterocycles. The number of nitrogens with one attached hydrogen (secondary N) is 1. The molecule has 0 radical (unpaired) electrons. The van der Waals surface area contributed by atoms with Gasteiger partial charge < -0.3 is 19.5 Å². The molecule has 1 N–H and O–H groups in total. The van der Waals surface area contributed by atoms with Crippen molar-refractivity contribution in [3.63, 3.8) is 0 Å². The maximum absolute atomic E-state index is 11.6. The molecule has 1 heterocycles. The van der Waals surface area contributed by atoms with Crippen LogP contribution in [0.5, 0.6) is 5.75 Å². The molecule has 0 aliphatic carbocycles. The molecule has 0 unspecified atom stereocenters. The number of rotatable bonds is 7. The molecule has 0 bridgehead atoms. The highest BCUT2D eigenvalue weighted by molar-refractivity contribution is 7.99. The number of nitrogens with zero attached hydrogens (tertiary/aromatic N) is 4. The molecular formula is C15H21N5O2S. The number of hydrogen-bond acceptors (Lipinski definition) is 6. The molecule has 0 aliphatic heterocycles. The number of amides is 1. The zero-order chi connectivity index (χ0) is 16.8. The van der Waals surface area contributed by atoms with E-state index in [0.717, 1.165) is 22.4 Å². The molecule has 0 saturated carbocycles. The molecule has 23 heavy (non-hydrogen) atoms. The zero-order valence-corrected chi connectivity index (χ0v) is 14.6. The first-order chi connectivity index (χ1) is 11.0. The van der Waals surface area contributed by atoms with E-state index in [9.17, 15) is 4.79 Å². The van der Waals surface area contributed by atoms with Gasteiger partial charge in [-0.05, 0) is 24.3 Å². The van der Waals surface area contributed by atoms with Crippen LogP contribution in [0.2, 0.25) is 0 Å². The van der Waals surface area contributed by atoms with Gasteiger partial charge in [0.2, 0.25) is 5.91 Å². The maximum Gasteiger partial charge on any atom is 0.232 e. The van der Waals surface area contributed by atoms with E-state index in [1.54, 1.807) is 26.1 Å². The van der Waals surface area contributed by atoms with Gasteiger partial charge in [0.25, 0.3) is 0 Å². The molecule has 7 nitrogen and oxygen atoms in total. The SMILES string of the molecule is COc1ccc(NCc2nnc(SCC(=O)N(C)C)n2C)cc1. The second kappa shape index (κ2) is 7.87. The van der Waals surface area contributed by atoms with Crippen LogP contribution in [-0.4, -0.2) is 52.5 Å². The van der Waals surface area contributed by atoms with Gasteiger partial charge >= 0.3 is 0 Å². The van der Waals surface area contributed by atoms with Crippen LogP contribution in [0.25, 0.3) is 0 Å². The topological polar surface area (TPSA) is 72.3 Å².